The number of hydrogen-bond donors (Lipinski definition) is 1. The Hall–Kier alpha value is -1.32. The molecule has 0 radical (unpaired) electrons. The Labute approximate surface area is 104 Å². The summed E-state index contributed by atoms with van der Waals surface area (Å²) in [7, 11) is 0. The quantitative estimate of drug-likeness (QED) is 0.816. The monoisotopic (exact) mass is 237 g/mol. The van der Waals surface area contributed by atoms with Gasteiger partial charge in [-0.1, -0.05) is 20.8 Å². The molecule has 0 unspecified atom stereocenters. The SMILES string of the molecule is Cc1c(N)nc(C(C)(C)C)nc1OC(C)(C)C. The molecule has 0 bridgehead atoms. The van der Waals surface area contributed by atoms with E-state index in [1.807, 2.05) is 27.7 Å². The molecule has 1 rings (SSSR count). The van der Waals surface area contributed by atoms with Crippen LogP contribution in [0, 0.1) is 6.92 Å². The summed E-state index contributed by atoms with van der Waals surface area (Å²) in [6.07, 6.45) is 0. The van der Waals surface area contributed by atoms with Gasteiger partial charge in [0.05, 0.1) is 5.56 Å². The molecule has 0 saturated heterocycles. The minimum atomic E-state index is -0.291. The molecule has 0 amide bonds. The molecule has 1 heterocycles. The van der Waals surface area contributed by atoms with E-state index >= 15 is 0 Å². The maximum Gasteiger partial charge on any atom is 0.222 e. The third-order valence-electron chi connectivity index (χ3n) is 2.21. The zero-order chi connectivity index (χ0) is 13.4. The van der Waals surface area contributed by atoms with Crippen molar-refractivity contribution in [1.29, 1.82) is 0 Å². The van der Waals surface area contributed by atoms with Gasteiger partial charge in [0, 0.05) is 5.41 Å². The van der Waals surface area contributed by atoms with Crippen LogP contribution >= 0.6 is 0 Å². The van der Waals surface area contributed by atoms with Crippen LogP contribution in [0.25, 0.3) is 0 Å². The Kier molecular flexibility index (Phi) is 3.37. The van der Waals surface area contributed by atoms with Crippen LogP contribution in [0.4, 0.5) is 5.82 Å². The second kappa shape index (κ2) is 4.17. The Balaban J connectivity index is 3.26. The van der Waals surface area contributed by atoms with Gasteiger partial charge < -0.3 is 10.5 Å². The molecule has 0 fully saturated rings. The van der Waals surface area contributed by atoms with Crippen molar-refractivity contribution in [2.24, 2.45) is 0 Å². The highest BCUT2D eigenvalue weighted by Crippen LogP contribution is 2.28. The van der Waals surface area contributed by atoms with E-state index in [4.69, 9.17) is 10.5 Å². The van der Waals surface area contributed by atoms with Gasteiger partial charge in [0.25, 0.3) is 0 Å². The van der Waals surface area contributed by atoms with Crippen LogP contribution in [0.15, 0.2) is 0 Å². The van der Waals surface area contributed by atoms with Gasteiger partial charge in [-0.3, -0.25) is 0 Å². The smallest absolute Gasteiger partial charge is 0.222 e. The van der Waals surface area contributed by atoms with E-state index < -0.39 is 0 Å². The third-order valence-corrected chi connectivity index (χ3v) is 2.21. The largest absolute Gasteiger partial charge is 0.472 e. The molecule has 0 saturated carbocycles. The van der Waals surface area contributed by atoms with Crippen molar-refractivity contribution in [2.45, 2.75) is 59.5 Å². The Bertz CT molecular complexity index is 414. The summed E-state index contributed by atoms with van der Waals surface area (Å²) in [5.41, 5.74) is 6.27. The van der Waals surface area contributed by atoms with Crippen LogP contribution < -0.4 is 10.5 Å². The van der Waals surface area contributed by atoms with Crippen LogP contribution in [-0.4, -0.2) is 15.6 Å². The normalized spacial score (nSPS) is 12.6. The standard InChI is InChI=1S/C13H23N3O/c1-8-9(14)15-11(12(2,3)4)16-10(8)17-13(5,6)7/h1-7H3,(H2,14,15,16). The molecule has 2 N–H and O–H groups in total. The predicted octanol–water partition coefficient (Wildman–Crippen LogP) is 2.84. The van der Waals surface area contributed by atoms with Crippen LogP contribution in [0.3, 0.4) is 0 Å². The predicted molar refractivity (Wildman–Crippen MR) is 70.3 cm³/mol. The van der Waals surface area contributed by atoms with Crippen LogP contribution in [0.5, 0.6) is 5.88 Å². The van der Waals surface area contributed by atoms with E-state index in [2.05, 4.69) is 30.7 Å². The topological polar surface area (TPSA) is 61.0 Å². The summed E-state index contributed by atoms with van der Waals surface area (Å²) in [6, 6.07) is 0. The Morgan fingerprint density at radius 1 is 1.00 bits per heavy atom. The maximum absolute atomic E-state index is 5.91. The first-order valence-electron chi connectivity index (χ1n) is 5.84. The molecule has 1 aromatic heterocycles. The Morgan fingerprint density at radius 2 is 1.53 bits per heavy atom. The summed E-state index contributed by atoms with van der Waals surface area (Å²) in [6.45, 7) is 14.0. The van der Waals surface area contributed by atoms with Crippen molar-refractivity contribution in [1.82, 2.24) is 9.97 Å². The van der Waals surface area contributed by atoms with Crippen LogP contribution in [-0.2, 0) is 5.41 Å². The van der Waals surface area contributed by atoms with Crippen molar-refractivity contribution in [2.75, 3.05) is 5.73 Å². The van der Waals surface area contributed by atoms with Gasteiger partial charge in [0.15, 0.2) is 0 Å². The zero-order valence-electron chi connectivity index (χ0n) is 11.9. The van der Waals surface area contributed by atoms with E-state index in [9.17, 15) is 0 Å². The molecule has 0 aliphatic rings. The minimum absolute atomic E-state index is 0.141. The molecule has 4 nitrogen and oxygen atoms in total. The highest BCUT2D eigenvalue weighted by Gasteiger charge is 2.23. The van der Waals surface area contributed by atoms with Gasteiger partial charge in [-0.2, -0.15) is 4.98 Å². The molecule has 0 aliphatic heterocycles. The van der Waals surface area contributed by atoms with Gasteiger partial charge in [0.2, 0.25) is 5.88 Å². The van der Waals surface area contributed by atoms with E-state index in [0.29, 0.717) is 17.5 Å². The molecular weight excluding hydrogens is 214 g/mol. The van der Waals surface area contributed by atoms with E-state index in [1.165, 1.54) is 0 Å². The van der Waals surface area contributed by atoms with Crippen molar-refractivity contribution in [3.8, 4) is 5.88 Å². The summed E-state index contributed by atoms with van der Waals surface area (Å²) in [5.74, 6) is 1.78. The number of aromatic nitrogens is 2. The lowest BCUT2D eigenvalue weighted by molar-refractivity contribution is 0.122. The van der Waals surface area contributed by atoms with E-state index in [-0.39, 0.29) is 11.0 Å². The fourth-order valence-corrected chi connectivity index (χ4v) is 1.24. The number of nitrogen functional groups attached to an aromatic ring is 1. The van der Waals surface area contributed by atoms with Crippen molar-refractivity contribution < 1.29 is 4.74 Å². The lowest BCUT2D eigenvalue weighted by Gasteiger charge is -2.24. The number of nitrogens with zero attached hydrogens (tertiary/aromatic N) is 2. The van der Waals surface area contributed by atoms with Crippen LogP contribution in [0.1, 0.15) is 52.9 Å². The van der Waals surface area contributed by atoms with Gasteiger partial charge in [-0.25, -0.2) is 4.98 Å². The van der Waals surface area contributed by atoms with Crippen molar-refractivity contribution in [3.63, 3.8) is 0 Å². The molecule has 0 aromatic carbocycles. The molecule has 96 valence electrons. The number of ether oxygens (including phenoxy) is 1. The summed E-state index contributed by atoms with van der Waals surface area (Å²) < 4.78 is 5.82. The van der Waals surface area contributed by atoms with Crippen molar-refractivity contribution in [3.05, 3.63) is 11.4 Å². The van der Waals surface area contributed by atoms with Crippen molar-refractivity contribution >= 4 is 5.82 Å². The highest BCUT2D eigenvalue weighted by atomic mass is 16.5. The van der Waals surface area contributed by atoms with E-state index in [1.54, 1.807) is 0 Å². The average Bonchev–Trinajstić information content (AvgIpc) is 2.08. The van der Waals surface area contributed by atoms with E-state index in [0.717, 1.165) is 5.56 Å². The lowest BCUT2D eigenvalue weighted by Crippen LogP contribution is -2.26. The fourth-order valence-electron chi connectivity index (χ4n) is 1.24. The van der Waals surface area contributed by atoms with Gasteiger partial charge >= 0.3 is 0 Å². The number of hydrogen-bond acceptors (Lipinski definition) is 4. The van der Waals surface area contributed by atoms with Crippen LogP contribution in [0.2, 0.25) is 0 Å². The molecule has 0 aliphatic carbocycles. The number of rotatable bonds is 1. The van der Waals surface area contributed by atoms with Gasteiger partial charge in [0.1, 0.15) is 17.2 Å². The Morgan fingerprint density at radius 3 is 1.94 bits per heavy atom. The van der Waals surface area contributed by atoms with Gasteiger partial charge in [-0.15, -0.1) is 0 Å². The zero-order valence-corrected chi connectivity index (χ0v) is 11.9. The second-order valence-corrected chi connectivity index (χ2v) is 6.33. The molecule has 17 heavy (non-hydrogen) atoms. The second-order valence-electron chi connectivity index (χ2n) is 6.33. The summed E-state index contributed by atoms with van der Waals surface area (Å²) >= 11 is 0. The van der Waals surface area contributed by atoms with Gasteiger partial charge in [-0.05, 0) is 27.7 Å². The molecule has 0 atom stereocenters. The first-order valence-corrected chi connectivity index (χ1v) is 5.84. The highest BCUT2D eigenvalue weighted by molar-refractivity contribution is 5.45. The first-order chi connectivity index (χ1) is 7.50. The minimum Gasteiger partial charge on any atom is -0.472 e. The third kappa shape index (κ3) is 3.58. The molecule has 1 aromatic rings. The molecule has 4 heteroatoms. The maximum atomic E-state index is 5.91. The first kappa shape index (κ1) is 13.7. The summed E-state index contributed by atoms with van der Waals surface area (Å²) in [5, 5.41) is 0. The average molecular weight is 237 g/mol. The fraction of sp³-hybridized carbons (Fsp3) is 0.692. The lowest BCUT2D eigenvalue weighted by atomic mass is 9.95. The number of nitrogens with two attached hydrogens (primary N) is 1. The molecular formula is C13H23N3O. The number of anilines is 1. The molecule has 0 spiro atoms. The summed E-state index contributed by atoms with van der Waals surface area (Å²) in [4.78, 5) is 8.80.